The minimum atomic E-state index is -1.25. The molecule has 3 atom stereocenters. The predicted molar refractivity (Wildman–Crippen MR) is 126 cm³/mol. The maximum atomic E-state index is 12.6. The van der Waals surface area contributed by atoms with Gasteiger partial charge in [0.2, 0.25) is 0 Å². The van der Waals surface area contributed by atoms with E-state index in [4.69, 9.17) is 9.47 Å². The monoisotopic (exact) mass is 452 g/mol. The lowest BCUT2D eigenvalue weighted by Crippen LogP contribution is -2.48. The molecule has 4 saturated carbocycles. The molecule has 31 heavy (non-hydrogen) atoms. The molecule has 4 aliphatic carbocycles. The van der Waals surface area contributed by atoms with Crippen LogP contribution in [0.3, 0.4) is 0 Å². The van der Waals surface area contributed by atoms with E-state index in [1.54, 1.807) is 11.9 Å². The largest absolute Gasteiger partial charge is 0.450 e. The first-order chi connectivity index (χ1) is 14.2. The Labute approximate surface area is 189 Å². The van der Waals surface area contributed by atoms with Crippen molar-refractivity contribution in [2.45, 2.75) is 96.6 Å². The summed E-state index contributed by atoms with van der Waals surface area (Å²) in [6.07, 6.45) is 6.89. The fourth-order valence-electron chi connectivity index (χ4n) is 6.38. The fourth-order valence-corrected chi connectivity index (χ4v) is 7.10. The van der Waals surface area contributed by atoms with Crippen molar-refractivity contribution in [1.29, 1.82) is 0 Å². The maximum absolute atomic E-state index is 12.6. The lowest BCUT2D eigenvalue weighted by atomic mass is 9.72. The Morgan fingerprint density at radius 1 is 1.13 bits per heavy atom. The normalized spacial score (nSPS) is 30.2. The van der Waals surface area contributed by atoms with Crippen molar-refractivity contribution in [2.75, 3.05) is 20.2 Å². The van der Waals surface area contributed by atoms with Gasteiger partial charge in [-0.2, -0.15) is 0 Å². The van der Waals surface area contributed by atoms with Crippen molar-refractivity contribution in [3.63, 3.8) is 0 Å². The Morgan fingerprint density at radius 2 is 1.74 bits per heavy atom. The third kappa shape index (κ3) is 6.62. The van der Waals surface area contributed by atoms with Gasteiger partial charge in [0.15, 0.2) is 0 Å². The average Bonchev–Trinajstić information content (AvgIpc) is 2.94. The van der Waals surface area contributed by atoms with E-state index < -0.39 is 19.8 Å². The first kappa shape index (κ1) is 24.4. The van der Waals surface area contributed by atoms with Crippen LogP contribution in [0.25, 0.3) is 0 Å². The minimum absolute atomic E-state index is 0.123. The summed E-state index contributed by atoms with van der Waals surface area (Å²) in [5, 5.41) is 3.10. The molecule has 4 aliphatic rings. The molecule has 4 rings (SSSR count). The quantitative estimate of drug-likeness (QED) is 0.494. The summed E-state index contributed by atoms with van der Waals surface area (Å²) >= 11 is 0. The smallest absolute Gasteiger partial charge is 0.409 e. The van der Waals surface area contributed by atoms with Crippen LogP contribution in [0.15, 0.2) is 0 Å². The van der Waals surface area contributed by atoms with Gasteiger partial charge in [0.25, 0.3) is 0 Å². The molecule has 4 bridgehead atoms. The lowest BCUT2D eigenvalue weighted by molar-refractivity contribution is 0.0452. The van der Waals surface area contributed by atoms with Crippen molar-refractivity contribution in [1.82, 2.24) is 10.2 Å². The van der Waals surface area contributed by atoms with E-state index in [0.29, 0.717) is 18.6 Å². The van der Waals surface area contributed by atoms with Crippen LogP contribution in [0, 0.1) is 23.2 Å². The Morgan fingerprint density at radius 3 is 2.29 bits per heavy atom. The number of carbonyl (C=O) groups excluding carboxylic acids is 2. The summed E-state index contributed by atoms with van der Waals surface area (Å²) in [5.74, 6) is 2.51. The highest BCUT2D eigenvalue weighted by atomic mass is 28.3. The Kier molecular flexibility index (Phi) is 7.04. The minimum Gasteiger partial charge on any atom is -0.450 e. The molecule has 178 valence electrons. The maximum Gasteiger partial charge on any atom is 0.409 e. The highest BCUT2D eigenvalue weighted by Gasteiger charge is 2.57. The molecular weight excluding hydrogens is 408 g/mol. The van der Waals surface area contributed by atoms with Crippen LogP contribution in [0.2, 0.25) is 25.7 Å². The second-order valence-electron chi connectivity index (χ2n) is 12.8. The van der Waals surface area contributed by atoms with E-state index >= 15 is 0 Å². The zero-order valence-corrected chi connectivity index (χ0v) is 21.8. The van der Waals surface area contributed by atoms with Crippen molar-refractivity contribution in [3.8, 4) is 0 Å². The molecule has 2 unspecified atom stereocenters. The van der Waals surface area contributed by atoms with Crippen LogP contribution < -0.4 is 5.32 Å². The summed E-state index contributed by atoms with van der Waals surface area (Å²) in [4.78, 5) is 26.8. The Bertz CT molecular complexity index is 655. The highest BCUT2D eigenvalue weighted by molar-refractivity contribution is 6.76. The number of hydrogen-bond donors (Lipinski definition) is 1. The molecule has 0 spiro atoms. The molecular formula is C24H44N2O4Si. The number of alkyl carbamates (subject to hydrolysis) is 1. The van der Waals surface area contributed by atoms with E-state index in [9.17, 15) is 9.59 Å². The van der Waals surface area contributed by atoms with Gasteiger partial charge < -0.3 is 19.7 Å². The molecule has 7 heteroatoms. The number of hydrogen-bond acceptors (Lipinski definition) is 4. The molecule has 0 aromatic carbocycles. The standard InChI is InChI=1S/C24H44N2O4Si/c1-23(2,3)30-21(27)25-20(16-26(4)22(28)29-8-9-31(5,6)7)15-24-13-17-10-18(14-24)12-19(24)11-17/h17-20H,8-16H2,1-7H3,(H,25,27)/t17?,18?,19?,20-,24?/m0/s1. The van der Waals surface area contributed by atoms with Crippen molar-refractivity contribution in [3.05, 3.63) is 0 Å². The number of ether oxygens (including phenoxy) is 2. The molecule has 0 heterocycles. The zero-order valence-electron chi connectivity index (χ0n) is 20.8. The van der Waals surface area contributed by atoms with Crippen LogP contribution >= 0.6 is 0 Å². The average molecular weight is 453 g/mol. The first-order valence-corrected chi connectivity index (χ1v) is 15.8. The zero-order chi connectivity index (χ0) is 23.0. The second kappa shape index (κ2) is 8.95. The van der Waals surface area contributed by atoms with Gasteiger partial charge in [-0.25, -0.2) is 9.59 Å². The van der Waals surface area contributed by atoms with Crippen LogP contribution in [-0.4, -0.2) is 57.0 Å². The van der Waals surface area contributed by atoms with Crippen molar-refractivity contribution in [2.24, 2.45) is 23.2 Å². The van der Waals surface area contributed by atoms with Crippen LogP contribution in [0.1, 0.15) is 59.3 Å². The van der Waals surface area contributed by atoms with Gasteiger partial charge in [0.1, 0.15) is 5.60 Å². The van der Waals surface area contributed by atoms with Gasteiger partial charge in [-0.05, 0) is 88.5 Å². The Balaban J connectivity index is 1.62. The number of carbonyl (C=O) groups is 2. The van der Waals surface area contributed by atoms with Crippen LogP contribution in [0.5, 0.6) is 0 Å². The van der Waals surface area contributed by atoms with Crippen LogP contribution in [-0.2, 0) is 9.47 Å². The predicted octanol–water partition coefficient (Wildman–Crippen LogP) is 5.50. The highest BCUT2D eigenvalue weighted by Crippen LogP contribution is 2.67. The molecule has 0 saturated heterocycles. The summed E-state index contributed by atoms with van der Waals surface area (Å²) in [5.41, 5.74) is -0.213. The third-order valence-corrected chi connectivity index (χ3v) is 9.12. The van der Waals surface area contributed by atoms with Gasteiger partial charge in [-0.15, -0.1) is 0 Å². The molecule has 0 radical (unpaired) electrons. The summed E-state index contributed by atoms with van der Waals surface area (Å²) < 4.78 is 11.1. The van der Waals surface area contributed by atoms with Crippen molar-refractivity contribution < 1.29 is 19.1 Å². The number of likely N-dealkylation sites (N-methyl/N-ethyl adjacent to an activating group) is 1. The van der Waals surface area contributed by atoms with Gasteiger partial charge in [0.05, 0.1) is 12.6 Å². The third-order valence-electron chi connectivity index (χ3n) is 7.42. The van der Waals surface area contributed by atoms with E-state index in [2.05, 4.69) is 25.0 Å². The van der Waals surface area contributed by atoms with E-state index in [1.165, 1.54) is 32.1 Å². The Hall–Kier alpha value is -1.24. The first-order valence-electron chi connectivity index (χ1n) is 12.1. The molecule has 2 amide bonds. The topological polar surface area (TPSA) is 67.9 Å². The summed E-state index contributed by atoms with van der Waals surface area (Å²) in [7, 11) is 0.527. The SMILES string of the molecule is CN(C[C@H](CC12CC3CC(CC1C3)C2)NC(=O)OC(C)(C)C)C(=O)OCC[Si](C)(C)C. The molecule has 0 aliphatic heterocycles. The molecule has 0 aromatic heterocycles. The van der Waals surface area contributed by atoms with Crippen molar-refractivity contribution >= 4 is 20.3 Å². The van der Waals surface area contributed by atoms with Gasteiger partial charge in [-0.1, -0.05) is 19.6 Å². The molecule has 4 fully saturated rings. The van der Waals surface area contributed by atoms with E-state index in [1.807, 2.05) is 20.8 Å². The fraction of sp³-hybridized carbons (Fsp3) is 0.917. The second-order valence-corrected chi connectivity index (χ2v) is 18.4. The van der Waals surface area contributed by atoms with E-state index in [-0.39, 0.29) is 12.1 Å². The molecule has 1 N–H and O–H groups in total. The number of nitrogens with zero attached hydrogens (tertiary/aromatic N) is 1. The lowest BCUT2D eigenvalue weighted by Gasteiger charge is -2.37. The van der Waals surface area contributed by atoms with Gasteiger partial charge >= 0.3 is 12.2 Å². The number of rotatable bonds is 8. The van der Waals surface area contributed by atoms with E-state index in [0.717, 1.165) is 30.2 Å². The van der Waals surface area contributed by atoms with Gasteiger partial charge in [-0.3, -0.25) is 0 Å². The number of nitrogens with one attached hydrogen (secondary N) is 1. The number of amides is 2. The summed E-state index contributed by atoms with van der Waals surface area (Å²) in [6.45, 7) is 13.4. The van der Waals surface area contributed by atoms with Crippen LogP contribution in [0.4, 0.5) is 9.59 Å². The molecule has 0 aromatic rings. The van der Waals surface area contributed by atoms with Gasteiger partial charge in [0, 0.05) is 21.7 Å². The summed E-state index contributed by atoms with van der Waals surface area (Å²) in [6, 6.07) is 0.835. The molecule has 6 nitrogen and oxygen atoms in total.